The number of piperidine rings is 2. The summed E-state index contributed by atoms with van der Waals surface area (Å²) < 4.78 is 0. The van der Waals surface area contributed by atoms with Crippen molar-refractivity contribution in [2.45, 2.75) is 106 Å². The van der Waals surface area contributed by atoms with E-state index in [-0.39, 0.29) is 11.8 Å². The van der Waals surface area contributed by atoms with Crippen molar-refractivity contribution in [3.8, 4) is 0 Å². The topological polar surface area (TPSA) is 40.6 Å². The van der Waals surface area contributed by atoms with Crippen LogP contribution in [0.15, 0.2) is 24.3 Å². The van der Waals surface area contributed by atoms with E-state index in [1.165, 1.54) is 44.5 Å². The number of ketones is 2. The highest BCUT2D eigenvalue weighted by Gasteiger charge is 2.39. The first kappa shape index (κ1) is 31.1. The Morgan fingerprint density at radius 1 is 0.619 bits per heavy atom. The second-order valence-electron chi connectivity index (χ2n) is 14.8. The van der Waals surface area contributed by atoms with Gasteiger partial charge in [0, 0.05) is 62.9 Å². The Morgan fingerprint density at radius 3 is 1.33 bits per heavy atom. The molecule has 0 radical (unpaired) electrons. The molecule has 0 amide bonds. The Hall–Kier alpha value is -2.30. The molecule has 4 nitrogen and oxygen atoms in total. The lowest BCUT2D eigenvalue weighted by Crippen LogP contribution is -2.46. The summed E-state index contributed by atoms with van der Waals surface area (Å²) in [5.74, 6) is 2.70. The van der Waals surface area contributed by atoms with Gasteiger partial charge in [-0.05, 0) is 110 Å². The van der Waals surface area contributed by atoms with E-state index in [0.29, 0.717) is 48.3 Å². The number of Topliss-reactive ketones (excluding diaryl/α,β-unsaturated/α-hetero) is 2. The second-order valence-corrected chi connectivity index (χ2v) is 14.8. The lowest BCUT2D eigenvalue weighted by Gasteiger charge is -2.43. The molecule has 0 aromatic heterocycles. The second kappa shape index (κ2) is 12.7. The molecule has 228 valence electrons. The van der Waals surface area contributed by atoms with Crippen molar-refractivity contribution in [2.24, 2.45) is 23.7 Å². The van der Waals surface area contributed by atoms with Gasteiger partial charge in [-0.1, -0.05) is 52.0 Å². The molecule has 2 aromatic carbocycles. The van der Waals surface area contributed by atoms with Crippen molar-refractivity contribution < 1.29 is 9.59 Å². The van der Waals surface area contributed by atoms with Gasteiger partial charge in [0.2, 0.25) is 0 Å². The lowest BCUT2D eigenvalue weighted by molar-refractivity contribution is -0.130. The molecule has 4 heterocycles. The summed E-state index contributed by atoms with van der Waals surface area (Å²) in [6.45, 7) is 21.8. The van der Waals surface area contributed by atoms with Crippen LogP contribution in [0.4, 0.5) is 0 Å². The van der Waals surface area contributed by atoms with Crippen LogP contribution in [0.1, 0.15) is 110 Å². The van der Waals surface area contributed by atoms with Gasteiger partial charge < -0.3 is 0 Å². The van der Waals surface area contributed by atoms with Crippen LogP contribution in [0, 0.1) is 51.4 Å². The van der Waals surface area contributed by atoms with Gasteiger partial charge in [0.05, 0.1) is 0 Å². The average Bonchev–Trinajstić information content (AvgIpc) is 2.91. The van der Waals surface area contributed by atoms with E-state index in [4.69, 9.17) is 0 Å². The van der Waals surface area contributed by atoms with E-state index in [2.05, 4.69) is 89.5 Å². The molecule has 4 atom stereocenters. The number of carbonyl (C=O) groups is 2. The molecule has 2 aromatic rings. The predicted octanol–water partition coefficient (Wildman–Crippen LogP) is 7.68. The molecule has 42 heavy (non-hydrogen) atoms. The number of carbonyl (C=O) groups excluding carboxylic acids is 2. The zero-order chi connectivity index (χ0) is 30.3. The minimum absolute atomic E-state index is 0.259. The third-order valence-corrected chi connectivity index (χ3v) is 10.6. The SMILES string of the molecule is Cc1cc2c(cc1C)[C@@H]1CC(=O)[C@@H](CC(C)C)CN1CC2.Cc1cc2c(cc1C)[C@H]1CC(=O)[C@H](CC(C)C)CN1CC2. The number of nitrogens with zero attached hydrogens (tertiary/aromatic N) is 2. The average molecular weight is 571 g/mol. The summed E-state index contributed by atoms with van der Waals surface area (Å²) >= 11 is 0. The molecule has 2 saturated heterocycles. The van der Waals surface area contributed by atoms with Crippen molar-refractivity contribution in [3.05, 3.63) is 68.8 Å². The first-order chi connectivity index (χ1) is 19.9. The fourth-order valence-electron chi connectivity index (χ4n) is 8.03. The van der Waals surface area contributed by atoms with Gasteiger partial charge in [0.15, 0.2) is 0 Å². The van der Waals surface area contributed by atoms with Gasteiger partial charge in [0.25, 0.3) is 0 Å². The summed E-state index contributed by atoms with van der Waals surface area (Å²) in [5, 5.41) is 0. The van der Waals surface area contributed by atoms with E-state index in [0.717, 1.165) is 51.9 Å². The third kappa shape index (κ3) is 6.60. The summed E-state index contributed by atoms with van der Waals surface area (Å²) in [6, 6.07) is 10.0. The van der Waals surface area contributed by atoms with E-state index in [1.807, 2.05) is 0 Å². The Labute approximate surface area is 255 Å². The van der Waals surface area contributed by atoms with E-state index >= 15 is 0 Å². The van der Waals surface area contributed by atoms with E-state index in [1.54, 1.807) is 0 Å². The van der Waals surface area contributed by atoms with Crippen LogP contribution in [0.3, 0.4) is 0 Å². The molecule has 0 aliphatic carbocycles. The Bertz CT molecular complexity index is 1220. The molecule has 4 aliphatic heterocycles. The van der Waals surface area contributed by atoms with Crippen LogP contribution in [0.5, 0.6) is 0 Å². The molecule has 2 fully saturated rings. The molecule has 4 aliphatic rings. The quantitative estimate of drug-likeness (QED) is 0.378. The van der Waals surface area contributed by atoms with Gasteiger partial charge >= 0.3 is 0 Å². The molecule has 0 N–H and O–H groups in total. The number of aryl methyl sites for hydroxylation is 4. The zero-order valence-corrected chi connectivity index (χ0v) is 27.6. The van der Waals surface area contributed by atoms with Crippen LogP contribution in [0.25, 0.3) is 0 Å². The van der Waals surface area contributed by atoms with Gasteiger partial charge in [-0.3, -0.25) is 19.4 Å². The maximum Gasteiger partial charge on any atom is 0.139 e. The Kier molecular flexibility index (Phi) is 9.45. The van der Waals surface area contributed by atoms with Crippen LogP contribution in [0.2, 0.25) is 0 Å². The molecule has 4 heteroatoms. The first-order valence-corrected chi connectivity index (χ1v) is 16.6. The third-order valence-electron chi connectivity index (χ3n) is 10.6. The highest BCUT2D eigenvalue weighted by atomic mass is 16.1. The van der Waals surface area contributed by atoms with Gasteiger partial charge in [-0.2, -0.15) is 0 Å². The molecule has 0 bridgehead atoms. The number of benzene rings is 2. The van der Waals surface area contributed by atoms with Gasteiger partial charge in [0.1, 0.15) is 11.6 Å². The zero-order valence-electron chi connectivity index (χ0n) is 27.6. The van der Waals surface area contributed by atoms with Crippen LogP contribution in [-0.4, -0.2) is 47.5 Å². The molecule has 0 saturated carbocycles. The van der Waals surface area contributed by atoms with Crippen molar-refractivity contribution in [1.82, 2.24) is 9.80 Å². The predicted molar refractivity (Wildman–Crippen MR) is 173 cm³/mol. The van der Waals surface area contributed by atoms with Crippen LogP contribution >= 0.6 is 0 Å². The first-order valence-electron chi connectivity index (χ1n) is 16.6. The Balaban J connectivity index is 0.000000168. The molecular weight excluding hydrogens is 516 g/mol. The lowest BCUT2D eigenvalue weighted by atomic mass is 9.79. The number of hydrogen-bond donors (Lipinski definition) is 0. The number of hydrogen-bond acceptors (Lipinski definition) is 4. The summed E-state index contributed by atoms with van der Waals surface area (Å²) in [5.41, 5.74) is 11.2. The maximum atomic E-state index is 12.5. The van der Waals surface area contributed by atoms with Gasteiger partial charge in [-0.15, -0.1) is 0 Å². The number of fused-ring (bicyclic) bond motifs is 6. The van der Waals surface area contributed by atoms with Crippen LogP contribution in [-0.2, 0) is 22.4 Å². The maximum absolute atomic E-state index is 12.5. The van der Waals surface area contributed by atoms with E-state index in [9.17, 15) is 9.59 Å². The normalized spacial score (nSPS) is 25.9. The summed E-state index contributed by atoms with van der Waals surface area (Å²) in [7, 11) is 0. The minimum Gasteiger partial charge on any atom is -0.299 e. The van der Waals surface area contributed by atoms with Crippen LogP contribution < -0.4 is 0 Å². The fourth-order valence-corrected chi connectivity index (χ4v) is 8.03. The largest absolute Gasteiger partial charge is 0.299 e. The highest BCUT2D eigenvalue weighted by molar-refractivity contribution is 5.83. The highest BCUT2D eigenvalue weighted by Crippen LogP contribution is 2.40. The smallest absolute Gasteiger partial charge is 0.139 e. The van der Waals surface area contributed by atoms with Crippen molar-refractivity contribution in [3.63, 3.8) is 0 Å². The summed E-state index contributed by atoms with van der Waals surface area (Å²) in [4.78, 5) is 30.2. The van der Waals surface area contributed by atoms with Gasteiger partial charge in [-0.25, -0.2) is 0 Å². The molecule has 0 unspecified atom stereocenters. The number of rotatable bonds is 4. The molecule has 6 rings (SSSR count). The molecule has 0 spiro atoms. The standard InChI is InChI=1S/2C19H27NO/c2*1-12(2)7-16-11-20-6-5-15-8-13(3)14(4)9-17(15)18(20)10-19(16)21/h2*8-9,12,16,18H,5-7,10-11H2,1-4H3/t2*16-,18-/m10/s1. The molecular formula is C38H54N2O2. The van der Waals surface area contributed by atoms with Crippen molar-refractivity contribution in [1.29, 1.82) is 0 Å². The van der Waals surface area contributed by atoms with E-state index < -0.39 is 0 Å². The Morgan fingerprint density at radius 2 is 0.976 bits per heavy atom. The monoisotopic (exact) mass is 570 g/mol. The minimum atomic E-state index is 0.259. The van der Waals surface area contributed by atoms with Crippen molar-refractivity contribution >= 4 is 11.6 Å². The summed E-state index contributed by atoms with van der Waals surface area (Å²) in [6.07, 6.45) is 5.79. The van der Waals surface area contributed by atoms with Crippen molar-refractivity contribution in [2.75, 3.05) is 26.2 Å². The fraction of sp³-hybridized carbons (Fsp3) is 0.632.